The molecule has 2 amide bonds. The second-order valence-corrected chi connectivity index (χ2v) is 8.12. The molecule has 0 aliphatic carbocycles. The summed E-state index contributed by atoms with van der Waals surface area (Å²) in [6.07, 6.45) is 0. The van der Waals surface area contributed by atoms with Crippen LogP contribution in [-0.2, 0) is 17.9 Å². The molecule has 11 heteroatoms. The first-order chi connectivity index (χ1) is 16.6. The number of imidazole rings is 1. The van der Waals surface area contributed by atoms with Gasteiger partial charge in [0.1, 0.15) is 12.2 Å². The Kier molecular flexibility index (Phi) is 5.60. The summed E-state index contributed by atoms with van der Waals surface area (Å²) in [5.41, 5.74) is 8.50. The molecule has 0 spiro atoms. The van der Waals surface area contributed by atoms with Crippen LogP contribution in [0.3, 0.4) is 0 Å². The van der Waals surface area contributed by atoms with Crippen LogP contribution < -0.4 is 16.4 Å². The number of nitrogens with zero attached hydrogens (tertiary/aromatic N) is 5. The van der Waals surface area contributed by atoms with Gasteiger partial charge in [0.2, 0.25) is 0 Å². The van der Waals surface area contributed by atoms with Crippen molar-refractivity contribution in [2.75, 3.05) is 0 Å². The van der Waals surface area contributed by atoms with Crippen molar-refractivity contribution in [2.45, 2.75) is 20.0 Å². The second kappa shape index (κ2) is 8.87. The third-order valence-corrected chi connectivity index (χ3v) is 5.90. The minimum absolute atomic E-state index is 0.0496. The molecular weight excluding hydrogens is 454 g/mol. The molecule has 0 aliphatic heterocycles. The Labute approximate surface area is 196 Å². The highest BCUT2D eigenvalue weighted by atomic mass is 32.1. The van der Waals surface area contributed by atoms with Gasteiger partial charge in [-0.2, -0.15) is 5.10 Å². The summed E-state index contributed by atoms with van der Waals surface area (Å²) in [5, 5.41) is 6.83. The van der Waals surface area contributed by atoms with Gasteiger partial charge in [-0.25, -0.2) is 14.6 Å². The molecule has 2 aromatic carbocycles. The Hall–Kier alpha value is -4.38. The summed E-state index contributed by atoms with van der Waals surface area (Å²) in [6, 6.07) is 14.2. The van der Waals surface area contributed by atoms with Crippen molar-refractivity contribution in [1.82, 2.24) is 35.2 Å². The van der Waals surface area contributed by atoms with E-state index in [-0.39, 0.29) is 17.8 Å². The van der Waals surface area contributed by atoms with E-state index in [9.17, 15) is 14.4 Å². The van der Waals surface area contributed by atoms with Crippen molar-refractivity contribution in [2.24, 2.45) is 0 Å². The number of carbonyl (C=O) groups is 2. The quantitative estimate of drug-likeness (QED) is 0.378. The fraction of sp³-hybridized carbons (Fsp3) is 0.130. The normalized spacial score (nSPS) is 11.1. The van der Waals surface area contributed by atoms with Crippen LogP contribution in [0.25, 0.3) is 33.3 Å². The maximum Gasteiger partial charge on any atom is 0.290 e. The predicted molar refractivity (Wildman–Crippen MR) is 128 cm³/mol. The molecule has 34 heavy (non-hydrogen) atoms. The van der Waals surface area contributed by atoms with Crippen LogP contribution in [-0.4, -0.2) is 36.1 Å². The molecule has 0 unspecified atom stereocenters. The van der Waals surface area contributed by atoms with E-state index in [4.69, 9.17) is 0 Å². The van der Waals surface area contributed by atoms with Gasteiger partial charge in [0, 0.05) is 17.3 Å². The third kappa shape index (κ3) is 3.82. The molecule has 170 valence electrons. The van der Waals surface area contributed by atoms with E-state index in [0.29, 0.717) is 28.8 Å². The van der Waals surface area contributed by atoms with Crippen molar-refractivity contribution < 1.29 is 9.59 Å². The van der Waals surface area contributed by atoms with Gasteiger partial charge in [0.05, 0.1) is 21.9 Å². The first kappa shape index (κ1) is 21.5. The molecule has 0 radical (unpaired) electrons. The SMILES string of the molecule is CCn1nc(C(=O)NNC(=O)Cn2c(-c3cscn3)nc3ccccc32)c2ccccc2c1=O. The minimum atomic E-state index is -0.623. The number of fused-ring (bicyclic) bond motifs is 2. The van der Waals surface area contributed by atoms with E-state index >= 15 is 0 Å². The maximum absolute atomic E-state index is 12.9. The van der Waals surface area contributed by atoms with E-state index in [1.54, 1.807) is 41.3 Å². The molecule has 5 rings (SSSR count). The zero-order chi connectivity index (χ0) is 23.7. The number of carbonyl (C=O) groups excluding carboxylic acids is 2. The van der Waals surface area contributed by atoms with Crippen LogP contribution >= 0.6 is 11.3 Å². The summed E-state index contributed by atoms with van der Waals surface area (Å²) >= 11 is 1.44. The number of nitrogens with one attached hydrogen (secondary N) is 2. The Morgan fingerprint density at radius 1 is 1.03 bits per heavy atom. The molecule has 5 aromatic rings. The number of hydrogen-bond acceptors (Lipinski definition) is 7. The Morgan fingerprint density at radius 2 is 1.79 bits per heavy atom. The molecule has 0 aliphatic rings. The molecule has 0 fully saturated rings. The molecule has 0 saturated carbocycles. The van der Waals surface area contributed by atoms with Crippen molar-refractivity contribution in [3.63, 3.8) is 0 Å². The fourth-order valence-corrected chi connectivity index (χ4v) is 4.27. The van der Waals surface area contributed by atoms with Gasteiger partial charge < -0.3 is 4.57 Å². The number of benzene rings is 2. The molecular formula is C23H19N7O3S. The Morgan fingerprint density at radius 3 is 2.56 bits per heavy atom. The van der Waals surface area contributed by atoms with Gasteiger partial charge in [0.15, 0.2) is 11.5 Å². The maximum atomic E-state index is 12.9. The first-order valence-electron chi connectivity index (χ1n) is 10.5. The van der Waals surface area contributed by atoms with Crippen molar-refractivity contribution in [3.8, 4) is 11.5 Å². The van der Waals surface area contributed by atoms with E-state index in [2.05, 4.69) is 25.9 Å². The number of rotatable bonds is 5. The smallest absolute Gasteiger partial charge is 0.290 e. The van der Waals surface area contributed by atoms with Crippen molar-refractivity contribution >= 4 is 45.0 Å². The monoisotopic (exact) mass is 473 g/mol. The van der Waals surface area contributed by atoms with Gasteiger partial charge in [0.25, 0.3) is 17.4 Å². The molecule has 2 N–H and O–H groups in total. The topological polar surface area (TPSA) is 124 Å². The number of amides is 2. The number of aryl methyl sites for hydroxylation is 1. The Bertz CT molecular complexity index is 1590. The summed E-state index contributed by atoms with van der Waals surface area (Å²) in [6.45, 7) is 1.99. The van der Waals surface area contributed by atoms with Crippen LogP contribution in [0, 0.1) is 0 Å². The van der Waals surface area contributed by atoms with Crippen LogP contribution in [0.4, 0.5) is 0 Å². The van der Waals surface area contributed by atoms with E-state index in [1.807, 2.05) is 29.6 Å². The average Bonchev–Trinajstić information content (AvgIpc) is 3.51. The molecule has 0 saturated heterocycles. The molecule has 0 atom stereocenters. The Balaban J connectivity index is 1.39. The highest BCUT2D eigenvalue weighted by Crippen LogP contribution is 2.24. The van der Waals surface area contributed by atoms with Gasteiger partial charge in [-0.1, -0.05) is 30.3 Å². The first-order valence-corrected chi connectivity index (χ1v) is 11.4. The molecule has 10 nitrogen and oxygen atoms in total. The van der Waals surface area contributed by atoms with E-state index < -0.39 is 11.8 Å². The minimum Gasteiger partial charge on any atom is -0.313 e. The van der Waals surface area contributed by atoms with Gasteiger partial charge >= 0.3 is 0 Å². The lowest BCUT2D eigenvalue weighted by molar-refractivity contribution is -0.122. The fourth-order valence-electron chi connectivity index (χ4n) is 3.74. The van der Waals surface area contributed by atoms with Gasteiger partial charge in [-0.3, -0.25) is 25.2 Å². The zero-order valence-electron chi connectivity index (χ0n) is 18.1. The van der Waals surface area contributed by atoms with E-state index in [0.717, 1.165) is 11.0 Å². The lowest BCUT2D eigenvalue weighted by Crippen LogP contribution is -2.44. The predicted octanol–water partition coefficient (Wildman–Crippen LogP) is 2.35. The van der Waals surface area contributed by atoms with Crippen LogP contribution in [0.5, 0.6) is 0 Å². The molecule has 3 aromatic heterocycles. The average molecular weight is 474 g/mol. The number of para-hydroxylation sites is 2. The highest BCUT2D eigenvalue weighted by molar-refractivity contribution is 7.07. The lowest BCUT2D eigenvalue weighted by Gasteiger charge is -2.12. The largest absolute Gasteiger partial charge is 0.313 e. The number of hydrazine groups is 1. The summed E-state index contributed by atoms with van der Waals surface area (Å²) < 4.78 is 2.97. The zero-order valence-corrected chi connectivity index (χ0v) is 18.9. The number of thiazole rings is 1. The lowest BCUT2D eigenvalue weighted by atomic mass is 10.1. The van der Waals surface area contributed by atoms with Crippen molar-refractivity contribution in [1.29, 1.82) is 0 Å². The van der Waals surface area contributed by atoms with Crippen molar-refractivity contribution in [3.05, 3.63) is 75.5 Å². The van der Waals surface area contributed by atoms with Gasteiger partial charge in [-0.05, 0) is 25.1 Å². The highest BCUT2D eigenvalue weighted by Gasteiger charge is 2.19. The van der Waals surface area contributed by atoms with Crippen LogP contribution in [0.1, 0.15) is 17.4 Å². The summed E-state index contributed by atoms with van der Waals surface area (Å²) in [5.74, 6) is -0.519. The third-order valence-electron chi connectivity index (χ3n) is 5.32. The van der Waals surface area contributed by atoms with Crippen LogP contribution in [0.2, 0.25) is 0 Å². The summed E-state index contributed by atoms with van der Waals surface area (Å²) in [4.78, 5) is 47.1. The number of hydrogen-bond donors (Lipinski definition) is 2. The number of aromatic nitrogens is 5. The molecule has 3 heterocycles. The summed E-state index contributed by atoms with van der Waals surface area (Å²) in [7, 11) is 0. The van der Waals surface area contributed by atoms with E-state index in [1.165, 1.54) is 16.0 Å². The van der Waals surface area contributed by atoms with Gasteiger partial charge in [-0.15, -0.1) is 11.3 Å². The second-order valence-electron chi connectivity index (χ2n) is 7.40. The van der Waals surface area contributed by atoms with Crippen LogP contribution in [0.15, 0.2) is 64.2 Å². The standard InChI is InChI=1S/C23H19N7O3S/c1-2-30-23(33)15-8-4-3-7-14(15)20(28-30)22(32)27-26-19(31)11-29-18-10-6-5-9-16(18)25-21(29)17-12-34-13-24-17/h3-10,12-13H,2,11H2,1H3,(H,26,31)(H,27,32). The molecule has 0 bridgehead atoms.